The lowest BCUT2D eigenvalue weighted by atomic mass is 10.0. The van der Waals surface area contributed by atoms with Crippen molar-refractivity contribution in [2.45, 2.75) is 38.1 Å². The van der Waals surface area contributed by atoms with Gasteiger partial charge in [-0.3, -0.25) is 9.59 Å². The molecule has 0 spiro atoms. The minimum atomic E-state index is -1.34. The van der Waals surface area contributed by atoms with E-state index in [9.17, 15) is 19.8 Å². The van der Waals surface area contributed by atoms with Gasteiger partial charge in [0.2, 0.25) is 5.91 Å². The Hall–Kier alpha value is -3.98. The highest BCUT2D eigenvalue weighted by molar-refractivity contribution is 5.89. The highest BCUT2D eigenvalue weighted by Crippen LogP contribution is 2.28. The third-order valence-corrected chi connectivity index (χ3v) is 6.71. The number of aromatic nitrogens is 1. The molecule has 0 aliphatic rings. The first-order valence-corrected chi connectivity index (χ1v) is 13.0. The molecule has 0 bridgehead atoms. The van der Waals surface area contributed by atoms with Crippen LogP contribution in [0.1, 0.15) is 30.0 Å². The fraction of sp³-hybridized carbons (Fsp3) is 0.290. The number of nitrogens with two attached hydrogens (primary N) is 1. The van der Waals surface area contributed by atoms with Gasteiger partial charge >= 0.3 is 5.97 Å². The SMILES string of the molecule is CC(=O)Nc1ccc(-n2cc(CCc3ccccc3)c3cc(CCC(=O)OCC(N)(CO)CO)ccc32)cc1. The van der Waals surface area contributed by atoms with Gasteiger partial charge in [-0.1, -0.05) is 36.4 Å². The van der Waals surface area contributed by atoms with Gasteiger partial charge in [-0.2, -0.15) is 0 Å². The monoisotopic (exact) mass is 529 g/mol. The molecular formula is C31H35N3O5. The number of hydrogen-bond acceptors (Lipinski definition) is 6. The van der Waals surface area contributed by atoms with Crippen molar-refractivity contribution < 1.29 is 24.5 Å². The number of aryl methyl sites for hydroxylation is 3. The van der Waals surface area contributed by atoms with Crippen LogP contribution in [-0.4, -0.2) is 52.0 Å². The molecule has 39 heavy (non-hydrogen) atoms. The van der Waals surface area contributed by atoms with E-state index in [1.807, 2.05) is 48.5 Å². The number of carbonyl (C=O) groups is 2. The number of anilines is 1. The lowest BCUT2D eigenvalue weighted by Crippen LogP contribution is -2.51. The number of carbonyl (C=O) groups excluding carboxylic acids is 2. The molecule has 0 unspecified atom stereocenters. The summed E-state index contributed by atoms with van der Waals surface area (Å²) in [4.78, 5) is 23.7. The largest absolute Gasteiger partial charge is 0.464 e. The summed E-state index contributed by atoms with van der Waals surface area (Å²) in [6.45, 7) is 0.280. The molecule has 1 aromatic heterocycles. The Bertz CT molecular complexity index is 1410. The summed E-state index contributed by atoms with van der Waals surface area (Å²) in [5, 5.41) is 22.5. The zero-order valence-corrected chi connectivity index (χ0v) is 22.1. The molecular weight excluding hydrogens is 494 g/mol. The first-order valence-electron chi connectivity index (χ1n) is 13.0. The third-order valence-electron chi connectivity index (χ3n) is 6.71. The number of fused-ring (bicyclic) bond motifs is 1. The van der Waals surface area contributed by atoms with Crippen LogP contribution < -0.4 is 11.1 Å². The first-order chi connectivity index (χ1) is 18.8. The van der Waals surface area contributed by atoms with Crippen molar-refractivity contribution in [2.24, 2.45) is 5.73 Å². The van der Waals surface area contributed by atoms with E-state index in [1.54, 1.807) is 0 Å². The molecule has 1 amide bonds. The Morgan fingerprint density at radius 3 is 2.31 bits per heavy atom. The van der Waals surface area contributed by atoms with Crippen LogP contribution in [0.4, 0.5) is 5.69 Å². The van der Waals surface area contributed by atoms with Crippen LogP contribution in [0.5, 0.6) is 0 Å². The number of amides is 1. The first kappa shape index (κ1) is 28.0. The van der Waals surface area contributed by atoms with Crippen LogP contribution in [0, 0.1) is 0 Å². The molecule has 4 rings (SSSR count). The maximum absolute atomic E-state index is 12.3. The average molecular weight is 530 g/mol. The minimum Gasteiger partial charge on any atom is -0.464 e. The normalized spacial score (nSPS) is 11.5. The van der Waals surface area contributed by atoms with Gasteiger partial charge in [0.15, 0.2) is 0 Å². The summed E-state index contributed by atoms with van der Waals surface area (Å²) in [6.07, 6.45) is 4.55. The Kier molecular flexibility index (Phi) is 9.14. The Morgan fingerprint density at radius 2 is 1.64 bits per heavy atom. The molecule has 3 aromatic carbocycles. The van der Waals surface area contributed by atoms with Gasteiger partial charge in [0.1, 0.15) is 6.61 Å². The molecule has 0 aliphatic heterocycles. The van der Waals surface area contributed by atoms with Gasteiger partial charge < -0.3 is 30.6 Å². The number of hydrogen-bond donors (Lipinski definition) is 4. The van der Waals surface area contributed by atoms with Crippen molar-refractivity contribution in [3.05, 3.63) is 95.7 Å². The van der Waals surface area contributed by atoms with Crippen LogP contribution in [-0.2, 0) is 33.6 Å². The summed E-state index contributed by atoms with van der Waals surface area (Å²) in [5.41, 5.74) is 10.7. The van der Waals surface area contributed by atoms with Gasteiger partial charge in [-0.15, -0.1) is 0 Å². The molecule has 0 aliphatic carbocycles. The smallest absolute Gasteiger partial charge is 0.306 e. The van der Waals surface area contributed by atoms with Crippen molar-refractivity contribution >= 4 is 28.5 Å². The summed E-state index contributed by atoms with van der Waals surface area (Å²) in [5.74, 6) is -0.550. The van der Waals surface area contributed by atoms with E-state index >= 15 is 0 Å². The molecule has 8 nitrogen and oxygen atoms in total. The van der Waals surface area contributed by atoms with Crippen molar-refractivity contribution in [2.75, 3.05) is 25.1 Å². The van der Waals surface area contributed by atoms with Crippen molar-refractivity contribution in [1.82, 2.24) is 4.57 Å². The third kappa shape index (κ3) is 7.32. The van der Waals surface area contributed by atoms with Crippen LogP contribution >= 0.6 is 0 Å². The topological polar surface area (TPSA) is 127 Å². The lowest BCUT2D eigenvalue weighted by molar-refractivity contribution is -0.146. The van der Waals surface area contributed by atoms with E-state index in [4.69, 9.17) is 10.5 Å². The molecule has 204 valence electrons. The highest BCUT2D eigenvalue weighted by atomic mass is 16.5. The van der Waals surface area contributed by atoms with Gasteiger partial charge in [0.05, 0.1) is 24.3 Å². The fourth-order valence-electron chi connectivity index (χ4n) is 4.43. The van der Waals surface area contributed by atoms with Gasteiger partial charge in [0.25, 0.3) is 0 Å². The number of nitrogens with zero attached hydrogens (tertiary/aromatic N) is 1. The van der Waals surface area contributed by atoms with E-state index in [1.165, 1.54) is 18.1 Å². The molecule has 0 saturated heterocycles. The summed E-state index contributed by atoms with van der Waals surface area (Å²) >= 11 is 0. The number of benzene rings is 3. The molecule has 8 heteroatoms. The van der Waals surface area contributed by atoms with E-state index in [0.29, 0.717) is 6.42 Å². The Balaban J connectivity index is 1.56. The molecule has 0 atom stereocenters. The van der Waals surface area contributed by atoms with Crippen LogP contribution in [0.25, 0.3) is 16.6 Å². The summed E-state index contributed by atoms with van der Waals surface area (Å²) in [7, 11) is 0. The van der Waals surface area contributed by atoms with E-state index < -0.39 is 24.7 Å². The molecule has 5 N–H and O–H groups in total. The number of rotatable bonds is 12. The Morgan fingerprint density at radius 1 is 0.923 bits per heavy atom. The summed E-state index contributed by atoms with van der Waals surface area (Å²) in [6, 6.07) is 24.3. The second-order valence-electron chi connectivity index (χ2n) is 9.93. The average Bonchev–Trinajstić information content (AvgIpc) is 3.32. The number of aliphatic hydroxyl groups excluding tert-OH is 2. The van der Waals surface area contributed by atoms with Crippen LogP contribution in [0.3, 0.4) is 0 Å². The highest BCUT2D eigenvalue weighted by Gasteiger charge is 2.25. The van der Waals surface area contributed by atoms with Crippen LogP contribution in [0.2, 0.25) is 0 Å². The summed E-state index contributed by atoms with van der Waals surface area (Å²) < 4.78 is 7.34. The van der Waals surface area contributed by atoms with Crippen LogP contribution in [0.15, 0.2) is 79.0 Å². The molecule has 0 fully saturated rings. The number of ether oxygens (including phenoxy) is 1. The van der Waals surface area contributed by atoms with Gasteiger partial charge in [-0.05, 0) is 72.4 Å². The maximum Gasteiger partial charge on any atom is 0.306 e. The molecule has 0 saturated carbocycles. The minimum absolute atomic E-state index is 0.113. The molecule has 1 heterocycles. The zero-order valence-electron chi connectivity index (χ0n) is 22.1. The molecule has 4 aromatic rings. The quantitative estimate of drug-likeness (QED) is 0.208. The van der Waals surface area contributed by atoms with E-state index in [0.717, 1.165) is 40.7 Å². The number of aliphatic hydroxyl groups is 2. The molecule has 0 radical (unpaired) electrons. The second kappa shape index (κ2) is 12.7. The van der Waals surface area contributed by atoms with Gasteiger partial charge in [-0.25, -0.2) is 0 Å². The zero-order chi connectivity index (χ0) is 27.8. The van der Waals surface area contributed by atoms with E-state index in [2.05, 4.69) is 40.3 Å². The maximum atomic E-state index is 12.3. The Labute approximate surface area is 228 Å². The lowest BCUT2D eigenvalue weighted by Gasteiger charge is -2.23. The number of esters is 1. The second-order valence-corrected chi connectivity index (χ2v) is 9.93. The van der Waals surface area contributed by atoms with Gasteiger partial charge in [0, 0.05) is 36.3 Å². The predicted molar refractivity (Wildman–Crippen MR) is 152 cm³/mol. The van der Waals surface area contributed by atoms with Crippen molar-refractivity contribution in [3.63, 3.8) is 0 Å². The standard InChI is InChI=1S/C31H35N3O5/c1-22(37)33-26-11-13-27(14-12-26)34-18-25(10-7-23-5-3-2-4-6-23)28-17-24(8-15-29(28)34)9-16-30(38)39-21-31(32,19-35)20-36/h2-6,8,11-15,17-18,35-36H,7,9-10,16,19-21,32H2,1H3,(H,33,37). The predicted octanol–water partition coefficient (Wildman–Crippen LogP) is 3.53. The number of nitrogens with one attached hydrogen (secondary N) is 1. The van der Waals surface area contributed by atoms with Crippen molar-refractivity contribution in [1.29, 1.82) is 0 Å². The van der Waals surface area contributed by atoms with E-state index in [-0.39, 0.29) is 18.9 Å². The fourth-order valence-corrected chi connectivity index (χ4v) is 4.43. The van der Waals surface area contributed by atoms with Crippen molar-refractivity contribution in [3.8, 4) is 5.69 Å².